The average Bonchev–Trinajstić information content (AvgIpc) is 3.17. The van der Waals surface area contributed by atoms with Gasteiger partial charge in [0.1, 0.15) is 11.9 Å². The number of morpholine rings is 1. The molecule has 1 aliphatic heterocycles. The Morgan fingerprint density at radius 3 is 2.77 bits per heavy atom. The second-order valence-electron chi connectivity index (χ2n) is 6.94. The Labute approximate surface area is 173 Å². The third-order valence-corrected chi connectivity index (χ3v) is 4.71. The summed E-state index contributed by atoms with van der Waals surface area (Å²) in [5.41, 5.74) is 0.277. The molecule has 0 saturated carbocycles. The van der Waals surface area contributed by atoms with Crippen molar-refractivity contribution in [3.05, 3.63) is 41.9 Å². The standard InChI is InChI=1S/C19H26F3N7O/c1-23-18(29-8-9-30-16(13-29)14-10-27-28(2)12-14)25-7-3-6-24-17-5-4-15(11-26-17)19(20,21)22/h4-5,10-12,16H,3,6-9,13H2,1-2H3,(H,23,25)(H,24,26). The Balaban J connectivity index is 1.41. The highest BCUT2D eigenvalue weighted by Gasteiger charge is 2.30. The minimum Gasteiger partial charge on any atom is -0.370 e. The monoisotopic (exact) mass is 425 g/mol. The molecular formula is C19H26F3N7O. The summed E-state index contributed by atoms with van der Waals surface area (Å²) in [5, 5.41) is 10.5. The van der Waals surface area contributed by atoms with E-state index in [0.29, 0.717) is 32.1 Å². The molecule has 0 amide bonds. The summed E-state index contributed by atoms with van der Waals surface area (Å²) in [7, 11) is 3.61. The number of anilines is 1. The van der Waals surface area contributed by atoms with E-state index in [9.17, 15) is 13.2 Å². The van der Waals surface area contributed by atoms with E-state index < -0.39 is 11.7 Å². The molecule has 1 unspecified atom stereocenters. The smallest absolute Gasteiger partial charge is 0.370 e. The number of rotatable bonds is 6. The van der Waals surface area contributed by atoms with Crippen molar-refractivity contribution >= 4 is 11.8 Å². The number of pyridine rings is 1. The Kier molecular flexibility index (Phi) is 7.14. The van der Waals surface area contributed by atoms with Gasteiger partial charge in [-0.3, -0.25) is 9.67 Å². The van der Waals surface area contributed by atoms with Crippen LogP contribution >= 0.6 is 0 Å². The van der Waals surface area contributed by atoms with E-state index in [1.165, 1.54) is 6.07 Å². The molecule has 1 atom stereocenters. The second kappa shape index (κ2) is 9.79. The van der Waals surface area contributed by atoms with Crippen LogP contribution in [0.2, 0.25) is 0 Å². The molecule has 2 aromatic rings. The molecule has 1 saturated heterocycles. The molecule has 0 bridgehead atoms. The molecule has 3 heterocycles. The van der Waals surface area contributed by atoms with Gasteiger partial charge < -0.3 is 20.3 Å². The van der Waals surface area contributed by atoms with Gasteiger partial charge in [-0.2, -0.15) is 18.3 Å². The van der Waals surface area contributed by atoms with Crippen LogP contribution in [-0.2, 0) is 18.0 Å². The zero-order valence-electron chi connectivity index (χ0n) is 17.0. The lowest BCUT2D eigenvalue weighted by Crippen LogP contribution is -2.48. The maximum Gasteiger partial charge on any atom is 0.417 e. The van der Waals surface area contributed by atoms with Gasteiger partial charge in [-0.25, -0.2) is 4.98 Å². The van der Waals surface area contributed by atoms with E-state index in [-0.39, 0.29) is 6.10 Å². The first-order valence-electron chi connectivity index (χ1n) is 9.69. The van der Waals surface area contributed by atoms with Crippen molar-refractivity contribution in [1.29, 1.82) is 0 Å². The lowest BCUT2D eigenvalue weighted by atomic mass is 10.1. The third-order valence-electron chi connectivity index (χ3n) is 4.71. The fraction of sp³-hybridized carbons (Fsp3) is 0.526. The van der Waals surface area contributed by atoms with E-state index >= 15 is 0 Å². The van der Waals surface area contributed by atoms with Crippen LogP contribution in [0, 0.1) is 0 Å². The first-order valence-corrected chi connectivity index (χ1v) is 9.69. The van der Waals surface area contributed by atoms with Crippen LogP contribution in [0.5, 0.6) is 0 Å². The molecule has 164 valence electrons. The Morgan fingerprint density at radius 1 is 1.30 bits per heavy atom. The first-order chi connectivity index (χ1) is 14.4. The van der Waals surface area contributed by atoms with Gasteiger partial charge in [0, 0.05) is 51.7 Å². The predicted octanol–water partition coefficient (Wildman–Crippen LogP) is 2.28. The summed E-state index contributed by atoms with van der Waals surface area (Å²) in [4.78, 5) is 10.3. The topological polar surface area (TPSA) is 79.6 Å². The number of ether oxygens (including phenoxy) is 1. The number of hydrogen-bond acceptors (Lipinski definition) is 5. The van der Waals surface area contributed by atoms with Crippen LogP contribution in [0.4, 0.5) is 19.0 Å². The number of nitrogens with one attached hydrogen (secondary N) is 2. The van der Waals surface area contributed by atoms with Crippen molar-refractivity contribution < 1.29 is 17.9 Å². The molecule has 0 aliphatic carbocycles. The van der Waals surface area contributed by atoms with E-state index in [1.807, 2.05) is 19.4 Å². The Morgan fingerprint density at radius 2 is 2.13 bits per heavy atom. The number of nitrogens with zero attached hydrogens (tertiary/aromatic N) is 5. The summed E-state index contributed by atoms with van der Waals surface area (Å²) in [6.07, 6.45) is 0.910. The summed E-state index contributed by atoms with van der Waals surface area (Å²) in [5.74, 6) is 1.21. The summed E-state index contributed by atoms with van der Waals surface area (Å²) >= 11 is 0. The molecule has 2 N–H and O–H groups in total. The number of alkyl halides is 3. The van der Waals surface area contributed by atoms with E-state index in [4.69, 9.17) is 4.74 Å². The molecule has 0 spiro atoms. The maximum absolute atomic E-state index is 12.6. The van der Waals surface area contributed by atoms with E-state index in [2.05, 4.69) is 30.6 Å². The van der Waals surface area contributed by atoms with Gasteiger partial charge in [-0.05, 0) is 18.6 Å². The number of aromatic nitrogens is 3. The van der Waals surface area contributed by atoms with Gasteiger partial charge in [0.05, 0.1) is 24.9 Å². The minimum absolute atomic E-state index is 0.0570. The highest BCUT2D eigenvalue weighted by molar-refractivity contribution is 5.80. The fourth-order valence-corrected chi connectivity index (χ4v) is 3.15. The molecule has 11 heteroatoms. The van der Waals surface area contributed by atoms with Crippen LogP contribution in [0.3, 0.4) is 0 Å². The van der Waals surface area contributed by atoms with Crippen LogP contribution in [0.1, 0.15) is 23.7 Å². The predicted molar refractivity (Wildman–Crippen MR) is 107 cm³/mol. The lowest BCUT2D eigenvalue weighted by molar-refractivity contribution is -0.137. The number of guanidine groups is 1. The average molecular weight is 425 g/mol. The molecule has 3 rings (SSSR count). The van der Waals surface area contributed by atoms with Crippen molar-refractivity contribution in [1.82, 2.24) is 25.0 Å². The van der Waals surface area contributed by atoms with Gasteiger partial charge in [-0.1, -0.05) is 0 Å². The van der Waals surface area contributed by atoms with Gasteiger partial charge in [-0.15, -0.1) is 0 Å². The van der Waals surface area contributed by atoms with Crippen LogP contribution in [0.15, 0.2) is 35.7 Å². The quantitative estimate of drug-likeness (QED) is 0.420. The van der Waals surface area contributed by atoms with Gasteiger partial charge in [0.2, 0.25) is 0 Å². The van der Waals surface area contributed by atoms with Crippen LogP contribution in [-0.4, -0.2) is 65.5 Å². The maximum atomic E-state index is 12.6. The second-order valence-corrected chi connectivity index (χ2v) is 6.94. The zero-order chi connectivity index (χ0) is 21.6. The number of halogens is 3. The first kappa shape index (κ1) is 21.9. The molecule has 1 fully saturated rings. The third kappa shape index (κ3) is 5.85. The number of aliphatic imine (C=N–C) groups is 1. The van der Waals surface area contributed by atoms with Crippen LogP contribution in [0.25, 0.3) is 0 Å². The number of hydrogen-bond donors (Lipinski definition) is 2. The van der Waals surface area contributed by atoms with Crippen LogP contribution < -0.4 is 10.6 Å². The zero-order valence-corrected chi connectivity index (χ0v) is 17.0. The largest absolute Gasteiger partial charge is 0.417 e. The van der Waals surface area contributed by atoms with Crippen molar-refractivity contribution in [3.8, 4) is 0 Å². The Bertz CT molecular complexity index is 835. The highest BCUT2D eigenvalue weighted by atomic mass is 19.4. The van der Waals surface area contributed by atoms with E-state index in [0.717, 1.165) is 36.8 Å². The molecule has 8 nitrogen and oxygen atoms in total. The van der Waals surface area contributed by atoms with Crippen molar-refractivity contribution in [3.63, 3.8) is 0 Å². The fourth-order valence-electron chi connectivity index (χ4n) is 3.15. The van der Waals surface area contributed by atoms with Crippen molar-refractivity contribution in [2.75, 3.05) is 45.2 Å². The summed E-state index contributed by atoms with van der Waals surface area (Å²) in [6, 6.07) is 2.36. The molecule has 0 radical (unpaired) electrons. The van der Waals surface area contributed by atoms with Crippen molar-refractivity contribution in [2.45, 2.75) is 18.7 Å². The normalized spacial score (nSPS) is 17.8. The SMILES string of the molecule is CN=C(NCCCNc1ccc(C(F)(F)F)cn1)N1CCOC(c2cnn(C)c2)C1. The summed E-state index contributed by atoms with van der Waals surface area (Å²) in [6.45, 7) is 3.25. The minimum atomic E-state index is -4.37. The van der Waals surface area contributed by atoms with Gasteiger partial charge in [0.25, 0.3) is 0 Å². The molecule has 2 aromatic heterocycles. The van der Waals surface area contributed by atoms with Gasteiger partial charge >= 0.3 is 6.18 Å². The molecule has 0 aromatic carbocycles. The molecule has 1 aliphatic rings. The van der Waals surface area contributed by atoms with Gasteiger partial charge in [0.15, 0.2) is 5.96 Å². The lowest BCUT2D eigenvalue weighted by Gasteiger charge is -2.34. The molecule has 30 heavy (non-hydrogen) atoms. The number of aryl methyl sites for hydroxylation is 1. The summed E-state index contributed by atoms with van der Waals surface area (Å²) < 4.78 is 45.3. The highest BCUT2D eigenvalue weighted by Crippen LogP contribution is 2.28. The van der Waals surface area contributed by atoms with Crippen molar-refractivity contribution in [2.24, 2.45) is 12.0 Å². The van der Waals surface area contributed by atoms with E-state index in [1.54, 1.807) is 11.7 Å². The Hall–Kier alpha value is -2.82. The molecular weight excluding hydrogens is 399 g/mol.